The first-order valence-corrected chi connectivity index (χ1v) is 9.79. The lowest BCUT2D eigenvalue weighted by Gasteiger charge is -2.20. The van der Waals surface area contributed by atoms with Crippen molar-refractivity contribution >= 4 is 12.1 Å². The van der Waals surface area contributed by atoms with Crippen LogP contribution in [0.1, 0.15) is 59.2 Å². The highest BCUT2D eigenvalue weighted by Gasteiger charge is 2.19. The Labute approximate surface area is 166 Å². The van der Waals surface area contributed by atoms with Crippen molar-refractivity contribution in [2.75, 3.05) is 0 Å². The molecule has 0 spiro atoms. The van der Waals surface area contributed by atoms with Crippen LogP contribution in [0.2, 0.25) is 0 Å². The minimum absolute atomic E-state index is 0.0380. The smallest absolute Gasteiger partial charge is 0.155 e. The number of halogens is 4. The van der Waals surface area contributed by atoms with Gasteiger partial charge in [-0.2, -0.15) is 0 Å². The zero-order chi connectivity index (χ0) is 21.0. The Morgan fingerprint density at radius 1 is 0.793 bits per heavy atom. The summed E-state index contributed by atoms with van der Waals surface area (Å²) >= 11 is 0. The van der Waals surface area contributed by atoms with Gasteiger partial charge in [-0.3, -0.25) is 9.59 Å². The van der Waals surface area contributed by atoms with Crippen molar-refractivity contribution in [3.05, 3.63) is 69.8 Å². The first-order valence-electron chi connectivity index (χ1n) is 9.79. The van der Waals surface area contributed by atoms with Crippen LogP contribution in [-0.2, 0) is 24.1 Å². The predicted molar refractivity (Wildman–Crippen MR) is 101 cm³/mol. The summed E-state index contributed by atoms with van der Waals surface area (Å²) in [6.07, 6.45) is 4.23. The number of hydrogen-bond acceptors (Lipinski definition) is 2. The number of carbonyl (C=O) groups is 2. The van der Waals surface area contributed by atoms with Gasteiger partial charge < -0.3 is 0 Å². The molecule has 3 rings (SSSR count). The van der Waals surface area contributed by atoms with Crippen LogP contribution in [0.15, 0.2) is 24.3 Å². The van der Waals surface area contributed by atoms with Crippen molar-refractivity contribution in [2.45, 2.75) is 51.4 Å². The lowest BCUT2D eigenvalue weighted by molar-refractivity contribution is -0.121. The minimum atomic E-state index is -0.990. The molecular formula is C23H22F4O2. The van der Waals surface area contributed by atoms with Crippen molar-refractivity contribution < 1.29 is 27.2 Å². The highest BCUT2D eigenvalue weighted by atomic mass is 19.1. The molecule has 0 amide bonds. The molecule has 0 atom stereocenters. The second kappa shape index (κ2) is 9.33. The van der Waals surface area contributed by atoms with Crippen LogP contribution in [0.5, 0.6) is 0 Å². The summed E-state index contributed by atoms with van der Waals surface area (Å²) in [6, 6.07) is 4.63. The number of aldehydes is 1. The molecular weight excluding hydrogens is 384 g/mol. The fraction of sp³-hybridized carbons (Fsp3) is 0.391. The Morgan fingerprint density at radius 2 is 1.31 bits per heavy atom. The molecule has 0 bridgehead atoms. The van der Waals surface area contributed by atoms with E-state index in [0.29, 0.717) is 30.7 Å². The minimum Gasteiger partial charge on any atom is -0.300 e. The van der Waals surface area contributed by atoms with E-state index in [1.165, 1.54) is 12.1 Å². The summed E-state index contributed by atoms with van der Waals surface area (Å²) in [5.74, 6) is -2.65. The van der Waals surface area contributed by atoms with Gasteiger partial charge in [0.25, 0.3) is 0 Å². The van der Waals surface area contributed by atoms with Gasteiger partial charge in [0, 0.05) is 18.4 Å². The second-order valence-corrected chi connectivity index (χ2v) is 7.65. The molecule has 0 radical (unpaired) electrons. The third-order valence-corrected chi connectivity index (χ3v) is 5.63. The Kier molecular flexibility index (Phi) is 6.83. The van der Waals surface area contributed by atoms with Gasteiger partial charge in [0.15, 0.2) is 6.29 Å². The van der Waals surface area contributed by atoms with Gasteiger partial charge in [0.05, 0.1) is 5.56 Å². The lowest BCUT2D eigenvalue weighted by atomic mass is 9.84. The van der Waals surface area contributed by atoms with Crippen LogP contribution < -0.4 is 0 Å². The van der Waals surface area contributed by atoms with Gasteiger partial charge in [-0.1, -0.05) is 0 Å². The second-order valence-electron chi connectivity index (χ2n) is 7.65. The van der Waals surface area contributed by atoms with Gasteiger partial charge in [-0.05, 0) is 79.8 Å². The van der Waals surface area contributed by atoms with E-state index in [0.717, 1.165) is 31.4 Å². The van der Waals surface area contributed by atoms with Crippen LogP contribution in [0.25, 0.3) is 0 Å². The van der Waals surface area contributed by atoms with Crippen molar-refractivity contribution in [1.82, 2.24) is 0 Å². The lowest BCUT2D eigenvalue weighted by Crippen LogP contribution is -2.14. The molecule has 0 saturated heterocycles. The maximum absolute atomic E-state index is 14.4. The van der Waals surface area contributed by atoms with Crippen LogP contribution in [0.3, 0.4) is 0 Å². The molecule has 1 saturated carbocycles. The molecule has 0 unspecified atom stereocenters. The van der Waals surface area contributed by atoms with E-state index in [-0.39, 0.29) is 36.0 Å². The first kappa shape index (κ1) is 21.2. The van der Waals surface area contributed by atoms with Gasteiger partial charge in [0.2, 0.25) is 0 Å². The van der Waals surface area contributed by atoms with Gasteiger partial charge in [-0.25, -0.2) is 17.6 Å². The summed E-state index contributed by atoms with van der Waals surface area (Å²) in [6.45, 7) is 0. The van der Waals surface area contributed by atoms with Crippen molar-refractivity contribution in [2.24, 2.45) is 5.92 Å². The van der Waals surface area contributed by atoms with E-state index in [1.54, 1.807) is 0 Å². The number of aryl methyl sites for hydroxylation is 2. The monoisotopic (exact) mass is 406 g/mol. The molecule has 154 valence electrons. The van der Waals surface area contributed by atoms with Crippen molar-refractivity contribution in [3.8, 4) is 0 Å². The quantitative estimate of drug-likeness (QED) is 0.447. The summed E-state index contributed by atoms with van der Waals surface area (Å²) in [5.41, 5.74) is 0.00323. The van der Waals surface area contributed by atoms with Crippen LogP contribution in [-0.4, -0.2) is 12.1 Å². The predicted octanol–water partition coefficient (Wildman–Crippen LogP) is 5.53. The maximum Gasteiger partial charge on any atom is 0.155 e. The number of ketones is 1. The van der Waals surface area contributed by atoms with E-state index in [1.807, 2.05) is 0 Å². The van der Waals surface area contributed by atoms with Crippen molar-refractivity contribution in [1.29, 1.82) is 0 Å². The Balaban J connectivity index is 1.63. The number of Topliss-reactive ketones (excluding diaryl/α,β-unsaturated/α-hetero) is 1. The molecule has 29 heavy (non-hydrogen) atoms. The molecule has 0 N–H and O–H groups in total. The van der Waals surface area contributed by atoms with E-state index < -0.39 is 28.8 Å². The Morgan fingerprint density at radius 3 is 1.86 bits per heavy atom. The number of hydrogen-bond donors (Lipinski definition) is 0. The third kappa shape index (κ3) is 5.31. The molecule has 1 aliphatic carbocycles. The first-order chi connectivity index (χ1) is 13.9. The fourth-order valence-electron chi connectivity index (χ4n) is 3.86. The average molecular weight is 406 g/mol. The number of benzene rings is 2. The van der Waals surface area contributed by atoms with Crippen LogP contribution >= 0.6 is 0 Å². The molecule has 0 aliphatic heterocycles. The highest BCUT2D eigenvalue weighted by Crippen LogP contribution is 2.27. The maximum atomic E-state index is 14.4. The molecule has 1 fully saturated rings. The van der Waals surface area contributed by atoms with Gasteiger partial charge in [-0.15, -0.1) is 0 Å². The molecule has 0 aromatic heterocycles. The van der Waals surface area contributed by atoms with E-state index in [9.17, 15) is 27.2 Å². The topological polar surface area (TPSA) is 34.1 Å². The number of carbonyl (C=O) groups excluding carboxylic acids is 2. The Hall–Kier alpha value is -2.50. The SMILES string of the molecule is O=Cc1c(F)cc(CCc2c(F)cc(CCC3CCC(=O)CC3)cc2F)cc1F. The summed E-state index contributed by atoms with van der Waals surface area (Å²) in [4.78, 5) is 21.9. The van der Waals surface area contributed by atoms with Gasteiger partial charge in [0.1, 0.15) is 29.1 Å². The van der Waals surface area contributed by atoms with E-state index in [2.05, 4.69) is 0 Å². The summed E-state index contributed by atoms with van der Waals surface area (Å²) in [5, 5.41) is 0. The van der Waals surface area contributed by atoms with Crippen LogP contribution in [0.4, 0.5) is 17.6 Å². The number of rotatable bonds is 7. The molecule has 2 aromatic carbocycles. The average Bonchev–Trinajstić information content (AvgIpc) is 2.67. The zero-order valence-corrected chi connectivity index (χ0v) is 15.9. The van der Waals surface area contributed by atoms with Gasteiger partial charge >= 0.3 is 0 Å². The summed E-state index contributed by atoms with van der Waals surface area (Å²) in [7, 11) is 0. The zero-order valence-electron chi connectivity index (χ0n) is 15.9. The molecule has 2 nitrogen and oxygen atoms in total. The molecule has 6 heteroatoms. The Bertz CT molecular complexity index is 867. The van der Waals surface area contributed by atoms with Crippen molar-refractivity contribution in [3.63, 3.8) is 0 Å². The largest absolute Gasteiger partial charge is 0.300 e. The molecule has 0 heterocycles. The standard InChI is InChI=1S/C23H22F4O2/c24-20-9-15(2-1-14-3-6-17(29)7-4-14)10-21(25)18(20)8-5-16-11-22(26)19(13-28)23(27)12-16/h9-14H,1-8H2. The normalized spacial score (nSPS) is 15.0. The van der Waals surface area contributed by atoms with E-state index >= 15 is 0 Å². The molecule has 2 aromatic rings. The third-order valence-electron chi connectivity index (χ3n) is 5.63. The van der Waals surface area contributed by atoms with E-state index in [4.69, 9.17) is 0 Å². The highest BCUT2D eigenvalue weighted by molar-refractivity contribution is 5.79. The fourth-order valence-corrected chi connectivity index (χ4v) is 3.86. The van der Waals surface area contributed by atoms with Crippen LogP contribution in [0, 0.1) is 29.2 Å². The molecule has 1 aliphatic rings. The summed E-state index contributed by atoms with van der Waals surface area (Å²) < 4.78 is 56.2.